The Bertz CT molecular complexity index is 868. The van der Waals surface area contributed by atoms with Gasteiger partial charge < -0.3 is 20.1 Å². The summed E-state index contributed by atoms with van der Waals surface area (Å²) in [5.41, 5.74) is 0.403. The van der Waals surface area contributed by atoms with Crippen LogP contribution in [0.5, 0.6) is 11.5 Å². The van der Waals surface area contributed by atoms with E-state index in [1.807, 2.05) is 24.3 Å². The second kappa shape index (κ2) is 11.9. The normalized spacial score (nSPS) is 18.3. The van der Waals surface area contributed by atoms with Crippen molar-refractivity contribution < 1.29 is 19.1 Å². The van der Waals surface area contributed by atoms with Crippen LogP contribution in [-0.2, 0) is 11.4 Å². The molecule has 0 radical (unpaired) electrons. The molecule has 2 N–H and O–H groups in total. The van der Waals surface area contributed by atoms with E-state index in [0.717, 1.165) is 30.7 Å². The highest BCUT2D eigenvalue weighted by atomic mass is 35.5. The average molecular weight is 466 g/mol. The van der Waals surface area contributed by atoms with Gasteiger partial charge >= 0.3 is 0 Å². The molecule has 1 aliphatic rings. The number of methoxy groups -OCH3 is 1. The van der Waals surface area contributed by atoms with Crippen LogP contribution in [0.2, 0.25) is 0 Å². The van der Waals surface area contributed by atoms with Gasteiger partial charge in [0.25, 0.3) is 5.91 Å². The molecule has 1 aliphatic carbocycles. The SMILES string of the molecule is COc1ccccc1OCc1nc(C(=O)NC2CCC(NC(=O)CCCCl)CC2)cs1. The molecule has 7 nitrogen and oxygen atoms in total. The van der Waals surface area contributed by atoms with Crippen molar-refractivity contribution in [3.05, 3.63) is 40.3 Å². The number of nitrogens with zero attached hydrogens (tertiary/aromatic N) is 1. The van der Waals surface area contributed by atoms with Gasteiger partial charge in [-0.3, -0.25) is 9.59 Å². The molecule has 168 valence electrons. The molecule has 0 saturated heterocycles. The van der Waals surface area contributed by atoms with Gasteiger partial charge in [-0.25, -0.2) is 4.98 Å². The number of halogens is 1. The third-order valence-electron chi connectivity index (χ3n) is 5.17. The van der Waals surface area contributed by atoms with Crippen LogP contribution in [0.15, 0.2) is 29.6 Å². The number of ether oxygens (including phenoxy) is 2. The highest BCUT2D eigenvalue weighted by Gasteiger charge is 2.24. The van der Waals surface area contributed by atoms with Gasteiger partial charge in [0, 0.05) is 29.8 Å². The first-order valence-electron chi connectivity index (χ1n) is 10.5. The molecule has 1 saturated carbocycles. The van der Waals surface area contributed by atoms with E-state index in [2.05, 4.69) is 15.6 Å². The lowest BCUT2D eigenvalue weighted by Crippen LogP contribution is -2.43. The van der Waals surface area contributed by atoms with Gasteiger partial charge in [-0.15, -0.1) is 22.9 Å². The number of thiazole rings is 1. The molecule has 3 rings (SSSR count). The number of benzene rings is 1. The number of para-hydroxylation sites is 2. The first-order chi connectivity index (χ1) is 15.1. The maximum absolute atomic E-state index is 12.6. The van der Waals surface area contributed by atoms with Crippen molar-refractivity contribution in [2.24, 2.45) is 0 Å². The fourth-order valence-electron chi connectivity index (χ4n) is 3.53. The summed E-state index contributed by atoms with van der Waals surface area (Å²) < 4.78 is 11.0. The molecule has 0 atom stereocenters. The van der Waals surface area contributed by atoms with Gasteiger partial charge in [-0.1, -0.05) is 12.1 Å². The summed E-state index contributed by atoms with van der Waals surface area (Å²) in [4.78, 5) is 28.8. The van der Waals surface area contributed by atoms with E-state index in [-0.39, 0.29) is 30.5 Å². The number of carbonyl (C=O) groups excluding carboxylic acids is 2. The van der Waals surface area contributed by atoms with Crippen LogP contribution in [0.3, 0.4) is 0 Å². The molecular weight excluding hydrogens is 438 g/mol. The van der Waals surface area contributed by atoms with E-state index in [1.54, 1.807) is 12.5 Å². The van der Waals surface area contributed by atoms with E-state index in [1.165, 1.54) is 11.3 Å². The minimum Gasteiger partial charge on any atom is -0.493 e. The first-order valence-corrected chi connectivity index (χ1v) is 11.9. The van der Waals surface area contributed by atoms with Crippen LogP contribution in [-0.4, -0.2) is 41.9 Å². The van der Waals surface area contributed by atoms with Gasteiger partial charge in [-0.2, -0.15) is 0 Å². The second-order valence-electron chi connectivity index (χ2n) is 7.45. The van der Waals surface area contributed by atoms with Crippen LogP contribution >= 0.6 is 22.9 Å². The molecule has 0 spiro atoms. The summed E-state index contributed by atoms with van der Waals surface area (Å²) in [6, 6.07) is 7.68. The Morgan fingerprint density at radius 2 is 1.81 bits per heavy atom. The predicted octanol–water partition coefficient (Wildman–Crippen LogP) is 3.91. The lowest BCUT2D eigenvalue weighted by Gasteiger charge is -2.29. The zero-order valence-electron chi connectivity index (χ0n) is 17.6. The van der Waals surface area contributed by atoms with E-state index < -0.39 is 0 Å². The molecule has 2 amide bonds. The number of rotatable bonds is 10. The maximum atomic E-state index is 12.6. The molecule has 9 heteroatoms. The smallest absolute Gasteiger partial charge is 0.270 e. The highest BCUT2D eigenvalue weighted by Crippen LogP contribution is 2.27. The van der Waals surface area contributed by atoms with Crippen LogP contribution in [0.4, 0.5) is 0 Å². The fourth-order valence-corrected chi connectivity index (χ4v) is 4.35. The number of aromatic nitrogens is 1. The number of hydrogen-bond donors (Lipinski definition) is 2. The van der Waals surface area contributed by atoms with Gasteiger partial charge in [0.2, 0.25) is 5.91 Å². The minimum atomic E-state index is -0.172. The Balaban J connectivity index is 1.42. The maximum Gasteiger partial charge on any atom is 0.270 e. The molecule has 0 aliphatic heterocycles. The number of nitrogens with one attached hydrogen (secondary N) is 2. The van der Waals surface area contributed by atoms with Crippen molar-refractivity contribution in [3.63, 3.8) is 0 Å². The van der Waals surface area contributed by atoms with Gasteiger partial charge in [0.1, 0.15) is 17.3 Å². The highest BCUT2D eigenvalue weighted by molar-refractivity contribution is 7.09. The predicted molar refractivity (Wildman–Crippen MR) is 121 cm³/mol. The number of hydrogen-bond acceptors (Lipinski definition) is 6. The number of carbonyl (C=O) groups is 2. The third-order valence-corrected chi connectivity index (χ3v) is 6.26. The molecule has 1 aromatic carbocycles. The van der Waals surface area contributed by atoms with Crippen molar-refractivity contribution in [2.75, 3.05) is 13.0 Å². The van der Waals surface area contributed by atoms with Gasteiger partial charge in [0.15, 0.2) is 11.5 Å². The summed E-state index contributed by atoms with van der Waals surface area (Å²) in [6.45, 7) is 0.271. The Hall–Kier alpha value is -2.32. The van der Waals surface area contributed by atoms with E-state index in [9.17, 15) is 9.59 Å². The summed E-state index contributed by atoms with van der Waals surface area (Å²) in [7, 11) is 1.59. The molecule has 0 bridgehead atoms. The van der Waals surface area contributed by atoms with Crippen LogP contribution in [0.1, 0.15) is 54.0 Å². The van der Waals surface area contributed by atoms with Crippen molar-refractivity contribution in [1.82, 2.24) is 15.6 Å². The van der Waals surface area contributed by atoms with Gasteiger partial charge in [-0.05, 0) is 44.2 Å². The monoisotopic (exact) mass is 465 g/mol. The number of alkyl halides is 1. The van der Waals surface area contributed by atoms with Crippen molar-refractivity contribution in [2.45, 2.75) is 57.2 Å². The second-order valence-corrected chi connectivity index (χ2v) is 8.77. The average Bonchev–Trinajstić information content (AvgIpc) is 3.27. The van der Waals surface area contributed by atoms with E-state index in [0.29, 0.717) is 35.9 Å². The molecule has 1 heterocycles. The molecular formula is C22H28ClN3O4S. The first kappa shape index (κ1) is 23.3. The Kier molecular flexibility index (Phi) is 8.97. The zero-order valence-corrected chi connectivity index (χ0v) is 19.1. The van der Waals surface area contributed by atoms with E-state index in [4.69, 9.17) is 21.1 Å². The summed E-state index contributed by atoms with van der Waals surface area (Å²) in [5, 5.41) is 8.59. The van der Waals surface area contributed by atoms with Crippen molar-refractivity contribution in [3.8, 4) is 11.5 Å². The zero-order chi connectivity index (χ0) is 22.1. The lowest BCUT2D eigenvalue weighted by atomic mass is 9.91. The third kappa shape index (κ3) is 7.11. The van der Waals surface area contributed by atoms with Crippen LogP contribution in [0, 0.1) is 0 Å². The van der Waals surface area contributed by atoms with Gasteiger partial charge in [0.05, 0.1) is 7.11 Å². The minimum absolute atomic E-state index is 0.0541. The Morgan fingerprint density at radius 3 is 2.48 bits per heavy atom. The molecule has 1 aromatic heterocycles. The summed E-state index contributed by atoms with van der Waals surface area (Å²) in [5.74, 6) is 1.67. The molecule has 31 heavy (non-hydrogen) atoms. The van der Waals surface area contributed by atoms with Crippen molar-refractivity contribution >= 4 is 34.8 Å². The van der Waals surface area contributed by atoms with E-state index >= 15 is 0 Å². The topological polar surface area (TPSA) is 89.6 Å². The molecule has 0 unspecified atom stereocenters. The number of amides is 2. The van der Waals surface area contributed by atoms with Crippen LogP contribution < -0.4 is 20.1 Å². The van der Waals surface area contributed by atoms with Crippen LogP contribution in [0.25, 0.3) is 0 Å². The molecule has 1 fully saturated rings. The quantitative estimate of drug-likeness (QED) is 0.519. The van der Waals surface area contributed by atoms with Crippen molar-refractivity contribution in [1.29, 1.82) is 0 Å². The largest absolute Gasteiger partial charge is 0.493 e. The molecule has 2 aromatic rings. The Morgan fingerprint density at radius 1 is 1.13 bits per heavy atom. The Labute approximate surface area is 191 Å². The lowest BCUT2D eigenvalue weighted by molar-refractivity contribution is -0.122. The summed E-state index contributed by atoms with van der Waals surface area (Å²) in [6.07, 6.45) is 4.53. The summed E-state index contributed by atoms with van der Waals surface area (Å²) >= 11 is 7.02. The standard InChI is InChI=1S/C22H28ClN3O4S/c1-29-18-5-2-3-6-19(18)30-13-21-26-17(14-31-21)22(28)25-16-10-8-15(9-11-16)24-20(27)7-4-12-23/h2-3,5-6,14-16H,4,7-13H2,1H3,(H,24,27)(H,25,28). The fraction of sp³-hybridized carbons (Fsp3) is 0.500.